The molecular weight excluding hydrogens is 345 g/mol. The SMILES string of the molecule is NCCc1cc(F)ccc1OCc1ccc(Br)cc1Cl. The summed E-state index contributed by atoms with van der Waals surface area (Å²) in [7, 11) is 0. The minimum absolute atomic E-state index is 0.289. The molecule has 0 aromatic heterocycles. The first-order chi connectivity index (χ1) is 9.60. The Bertz CT molecular complexity index is 606. The molecule has 0 saturated carbocycles. The minimum Gasteiger partial charge on any atom is -0.489 e. The van der Waals surface area contributed by atoms with E-state index in [9.17, 15) is 4.39 Å². The third kappa shape index (κ3) is 3.95. The van der Waals surface area contributed by atoms with Crippen LogP contribution in [0.4, 0.5) is 4.39 Å². The van der Waals surface area contributed by atoms with E-state index in [0.29, 0.717) is 30.3 Å². The molecule has 0 radical (unpaired) electrons. The van der Waals surface area contributed by atoms with Gasteiger partial charge in [0.05, 0.1) is 0 Å². The van der Waals surface area contributed by atoms with Crippen molar-refractivity contribution in [3.05, 3.63) is 62.8 Å². The van der Waals surface area contributed by atoms with Gasteiger partial charge in [0, 0.05) is 15.1 Å². The van der Waals surface area contributed by atoms with Crippen LogP contribution in [0.15, 0.2) is 40.9 Å². The van der Waals surface area contributed by atoms with Gasteiger partial charge in [0.2, 0.25) is 0 Å². The summed E-state index contributed by atoms with van der Waals surface area (Å²) >= 11 is 9.48. The number of ether oxygens (including phenoxy) is 1. The lowest BCUT2D eigenvalue weighted by Crippen LogP contribution is -2.06. The molecule has 0 saturated heterocycles. The van der Waals surface area contributed by atoms with E-state index in [0.717, 1.165) is 15.6 Å². The Morgan fingerprint density at radius 2 is 1.95 bits per heavy atom. The van der Waals surface area contributed by atoms with Gasteiger partial charge in [-0.1, -0.05) is 33.6 Å². The lowest BCUT2D eigenvalue weighted by Gasteiger charge is -2.12. The highest BCUT2D eigenvalue weighted by Crippen LogP contribution is 2.25. The molecule has 0 atom stereocenters. The van der Waals surface area contributed by atoms with Crippen LogP contribution in [0.2, 0.25) is 5.02 Å². The van der Waals surface area contributed by atoms with Gasteiger partial charge < -0.3 is 10.5 Å². The highest BCUT2D eigenvalue weighted by molar-refractivity contribution is 9.10. The van der Waals surface area contributed by atoms with Gasteiger partial charge in [-0.3, -0.25) is 0 Å². The maximum atomic E-state index is 13.2. The van der Waals surface area contributed by atoms with Crippen LogP contribution < -0.4 is 10.5 Å². The summed E-state index contributed by atoms with van der Waals surface area (Å²) in [6.07, 6.45) is 0.571. The van der Waals surface area contributed by atoms with E-state index in [4.69, 9.17) is 22.1 Å². The maximum absolute atomic E-state index is 13.2. The molecule has 0 heterocycles. The van der Waals surface area contributed by atoms with Crippen molar-refractivity contribution in [2.24, 2.45) is 5.73 Å². The maximum Gasteiger partial charge on any atom is 0.123 e. The summed E-state index contributed by atoms with van der Waals surface area (Å²) in [6.45, 7) is 0.772. The molecular formula is C15H14BrClFNO. The van der Waals surface area contributed by atoms with Crippen molar-refractivity contribution in [2.75, 3.05) is 6.54 Å². The fourth-order valence-electron chi connectivity index (χ4n) is 1.83. The number of benzene rings is 2. The van der Waals surface area contributed by atoms with Gasteiger partial charge in [0.1, 0.15) is 18.2 Å². The van der Waals surface area contributed by atoms with Gasteiger partial charge in [-0.15, -0.1) is 0 Å². The molecule has 2 nitrogen and oxygen atoms in total. The molecule has 20 heavy (non-hydrogen) atoms. The molecule has 0 aliphatic rings. The van der Waals surface area contributed by atoms with E-state index in [1.54, 1.807) is 6.07 Å². The molecule has 0 amide bonds. The van der Waals surface area contributed by atoms with Crippen LogP contribution in [0.5, 0.6) is 5.75 Å². The second kappa shape index (κ2) is 7.07. The van der Waals surface area contributed by atoms with Crippen LogP contribution in [0, 0.1) is 5.82 Å². The quantitative estimate of drug-likeness (QED) is 0.864. The molecule has 2 aromatic rings. The summed E-state index contributed by atoms with van der Waals surface area (Å²) in [4.78, 5) is 0. The molecule has 0 unspecified atom stereocenters. The second-order valence-corrected chi connectivity index (χ2v) is 5.64. The van der Waals surface area contributed by atoms with Crippen molar-refractivity contribution < 1.29 is 9.13 Å². The average Bonchev–Trinajstić information content (AvgIpc) is 2.40. The van der Waals surface area contributed by atoms with Crippen LogP contribution in [-0.4, -0.2) is 6.54 Å². The zero-order chi connectivity index (χ0) is 14.5. The molecule has 0 bridgehead atoms. The number of halogens is 3. The van der Waals surface area contributed by atoms with E-state index in [-0.39, 0.29) is 5.82 Å². The van der Waals surface area contributed by atoms with Gasteiger partial charge in [0.25, 0.3) is 0 Å². The van der Waals surface area contributed by atoms with Crippen molar-refractivity contribution in [3.63, 3.8) is 0 Å². The molecule has 0 spiro atoms. The number of rotatable bonds is 5. The highest BCUT2D eigenvalue weighted by atomic mass is 79.9. The molecule has 5 heteroatoms. The van der Waals surface area contributed by atoms with Crippen molar-refractivity contribution in [2.45, 2.75) is 13.0 Å². The Kier molecular flexibility index (Phi) is 5.40. The predicted molar refractivity (Wildman–Crippen MR) is 82.6 cm³/mol. The number of hydrogen-bond acceptors (Lipinski definition) is 2. The van der Waals surface area contributed by atoms with Gasteiger partial charge in [0.15, 0.2) is 0 Å². The first-order valence-electron chi connectivity index (χ1n) is 6.15. The molecule has 2 rings (SSSR count). The zero-order valence-electron chi connectivity index (χ0n) is 10.7. The Hall–Kier alpha value is -1.10. The van der Waals surface area contributed by atoms with Gasteiger partial charge in [-0.25, -0.2) is 4.39 Å². The second-order valence-electron chi connectivity index (χ2n) is 4.32. The first-order valence-corrected chi connectivity index (χ1v) is 7.32. The van der Waals surface area contributed by atoms with Crippen molar-refractivity contribution in [3.8, 4) is 5.75 Å². The van der Waals surface area contributed by atoms with Crippen LogP contribution in [0.25, 0.3) is 0 Å². The van der Waals surface area contributed by atoms with E-state index in [1.165, 1.54) is 12.1 Å². The molecule has 2 aromatic carbocycles. The lowest BCUT2D eigenvalue weighted by molar-refractivity contribution is 0.302. The molecule has 2 N–H and O–H groups in total. The minimum atomic E-state index is -0.289. The zero-order valence-corrected chi connectivity index (χ0v) is 13.0. The smallest absolute Gasteiger partial charge is 0.123 e. The summed E-state index contributed by atoms with van der Waals surface area (Å²) in [5.41, 5.74) is 7.16. The van der Waals surface area contributed by atoms with E-state index >= 15 is 0 Å². The third-order valence-corrected chi connectivity index (χ3v) is 3.68. The fourth-order valence-corrected chi connectivity index (χ4v) is 2.56. The van der Waals surface area contributed by atoms with Crippen molar-refractivity contribution in [1.29, 1.82) is 0 Å². The summed E-state index contributed by atoms with van der Waals surface area (Å²) < 4.78 is 19.9. The average molecular weight is 359 g/mol. The highest BCUT2D eigenvalue weighted by Gasteiger charge is 2.07. The Morgan fingerprint density at radius 1 is 1.15 bits per heavy atom. The predicted octanol–water partition coefficient (Wildman–Crippen LogP) is 4.32. The van der Waals surface area contributed by atoms with Crippen LogP contribution >= 0.6 is 27.5 Å². The van der Waals surface area contributed by atoms with Crippen molar-refractivity contribution in [1.82, 2.24) is 0 Å². The normalized spacial score (nSPS) is 10.6. The summed E-state index contributed by atoms with van der Waals surface area (Å²) in [5.74, 6) is 0.346. The third-order valence-electron chi connectivity index (χ3n) is 2.83. The topological polar surface area (TPSA) is 35.2 Å². The van der Waals surface area contributed by atoms with Gasteiger partial charge in [-0.05, 0) is 48.9 Å². The molecule has 0 aliphatic carbocycles. The molecule has 0 fully saturated rings. The van der Waals surface area contributed by atoms with Crippen LogP contribution in [0.1, 0.15) is 11.1 Å². The van der Waals surface area contributed by atoms with E-state index in [1.807, 2.05) is 18.2 Å². The number of hydrogen-bond donors (Lipinski definition) is 1. The first kappa shape index (κ1) is 15.3. The van der Waals surface area contributed by atoms with Gasteiger partial charge >= 0.3 is 0 Å². The number of nitrogens with two attached hydrogens (primary N) is 1. The molecule has 106 valence electrons. The lowest BCUT2D eigenvalue weighted by atomic mass is 10.1. The fraction of sp³-hybridized carbons (Fsp3) is 0.200. The van der Waals surface area contributed by atoms with E-state index in [2.05, 4.69) is 15.9 Å². The summed E-state index contributed by atoms with van der Waals surface area (Å²) in [5, 5.41) is 0.627. The van der Waals surface area contributed by atoms with E-state index < -0.39 is 0 Å². The van der Waals surface area contributed by atoms with Crippen LogP contribution in [-0.2, 0) is 13.0 Å². The van der Waals surface area contributed by atoms with Crippen LogP contribution in [0.3, 0.4) is 0 Å². The molecule has 0 aliphatic heterocycles. The Labute approximate surface area is 130 Å². The standard InChI is InChI=1S/C15H14BrClFNO/c16-12-2-1-11(14(17)8-12)9-20-15-4-3-13(18)7-10(15)5-6-19/h1-4,7-8H,5-6,9,19H2. The Morgan fingerprint density at radius 3 is 2.65 bits per heavy atom. The monoisotopic (exact) mass is 357 g/mol. The largest absolute Gasteiger partial charge is 0.489 e. The summed E-state index contributed by atoms with van der Waals surface area (Å²) in [6, 6.07) is 10.0. The van der Waals surface area contributed by atoms with Gasteiger partial charge in [-0.2, -0.15) is 0 Å². The van der Waals surface area contributed by atoms with Crippen molar-refractivity contribution >= 4 is 27.5 Å². The Balaban J connectivity index is 2.14.